The van der Waals surface area contributed by atoms with Crippen LogP contribution in [0.4, 0.5) is 24.8 Å². The molecule has 1 amide bonds. The van der Waals surface area contributed by atoms with Crippen molar-refractivity contribution in [3.05, 3.63) is 57.9 Å². The van der Waals surface area contributed by atoms with Gasteiger partial charge in [0, 0.05) is 23.0 Å². The largest absolute Gasteiger partial charge is 0.410 e. The standard InChI is InChI=1S/C18H15BrF3N5O2/c1-9-6-15(26-29-9)24-17(28)13-8-16-23-12(10-2-4-11(19)5-3-10)7-14(18(20,21)22)27(16)25-13/h2-6,8,12,14,23H,7H2,1H3,(H,24,26,28)/t12-,14+/m1/s1. The zero-order chi connectivity index (χ0) is 20.8. The van der Waals surface area contributed by atoms with Crippen molar-refractivity contribution in [3.8, 4) is 0 Å². The first kappa shape index (κ1) is 19.5. The summed E-state index contributed by atoms with van der Waals surface area (Å²) < 4.78 is 47.7. The summed E-state index contributed by atoms with van der Waals surface area (Å²) in [5.74, 6) is 0.0863. The third kappa shape index (κ3) is 4.00. The van der Waals surface area contributed by atoms with Crippen LogP contribution in [0.2, 0.25) is 0 Å². The number of carbonyl (C=O) groups excluding carboxylic acids is 1. The molecule has 0 unspecified atom stereocenters. The number of benzene rings is 1. The highest BCUT2D eigenvalue weighted by Crippen LogP contribution is 2.43. The Kier molecular flexibility index (Phi) is 4.85. The molecule has 0 saturated carbocycles. The molecule has 1 aliphatic heterocycles. The number of rotatable bonds is 3. The van der Waals surface area contributed by atoms with Crippen LogP contribution in [0, 0.1) is 6.92 Å². The summed E-state index contributed by atoms with van der Waals surface area (Å²) in [5, 5.41) is 13.0. The fraction of sp³-hybridized carbons (Fsp3) is 0.278. The van der Waals surface area contributed by atoms with Crippen LogP contribution in [0.5, 0.6) is 0 Å². The molecule has 1 aromatic carbocycles. The first-order valence-corrected chi connectivity index (χ1v) is 9.43. The van der Waals surface area contributed by atoms with Crippen molar-refractivity contribution < 1.29 is 22.5 Å². The third-order valence-corrected chi connectivity index (χ3v) is 5.09. The van der Waals surface area contributed by atoms with Gasteiger partial charge in [0.05, 0.1) is 6.04 Å². The lowest BCUT2D eigenvalue weighted by molar-refractivity contribution is -0.173. The SMILES string of the molecule is Cc1cc(NC(=O)c2cc3n(n2)[C@H](C(F)(F)F)C[C@H](c2ccc(Br)cc2)N3)no1. The minimum absolute atomic E-state index is 0.118. The van der Waals surface area contributed by atoms with Crippen molar-refractivity contribution in [2.75, 3.05) is 10.6 Å². The summed E-state index contributed by atoms with van der Waals surface area (Å²) in [6.07, 6.45) is -4.77. The van der Waals surface area contributed by atoms with Crippen LogP contribution < -0.4 is 10.6 Å². The van der Waals surface area contributed by atoms with Gasteiger partial charge in [-0.3, -0.25) is 4.79 Å². The number of aromatic nitrogens is 3. The highest BCUT2D eigenvalue weighted by molar-refractivity contribution is 9.10. The van der Waals surface area contributed by atoms with Crippen molar-refractivity contribution in [2.45, 2.75) is 31.6 Å². The fourth-order valence-electron chi connectivity index (χ4n) is 3.20. The third-order valence-electron chi connectivity index (χ3n) is 4.56. The summed E-state index contributed by atoms with van der Waals surface area (Å²) in [5.41, 5.74) is 0.554. The lowest BCUT2D eigenvalue weighted by Gasteiger charge is -2.33. The second kappa shape index (κ2) is 7.21. The molecule has 1 aliphatic rings. The minimum atomic E-state index is -4.52. The van der Waals surface area contributed by atoms with Crippen LogP contribution >= 0.6 is 15.9 Å². The predicted octanol–water partition coefficient (Wildman–Crippen LogP) is 4.85. The van der Waals surface area contributed by atoms with E-state index in [2.05, 4.69) is 36.8 Å². The van der Waals surface area contributed by atoms with Crippen molar-refractivity contribution in [2.24, 2.45) is 0 Å². The van der Waals surface area contributed by atoms with Crippen LogP contribution in [0.25, 0.3) is 0 Å². The molecule has 152 valence electrons. The summed E-state index contributed by atoms with van der Waals surface area (Å²) in [4.78, 5) is 12.4. The van der Waals surface area contributed by atoms with Gasteiger partial charge in [-0.15, -0.1) is 0 Å². The van der Waals surface area contributed by atoms with Crippen LogP contribution in [0.15, 0.2) is 45.4 Å². The lowest BCUT2D eigenvalue weighted by atomic mass is 9.97. The molecule has 0 aliphatic carbocycles. The number of nitrogens with zero attached hydrogens (tertiary/aromatic N) is 3. The molecular weight excluding hydrogens is 455 g/mol. The summed E-state index contributed by atoms with van der Waals surface area (Å²) >= 11 is 3.32. The molecule has 0 saturated heterocycles. The molecule has 4 rings (SSSR count). The van der Waals surface area contributed by atoms with Gasteiger partial charge in [-0.2, -0.15) is 18.3 Å². The molecule has 0 bridgehead atoms. The zero-order valence-corrected chi connectivity index (χ0v) is 16.6. The van der Waals surface area contributed by atoms with E-state index in [1.807, 2.05) is 0 Å². The quantitative estimate of drug-likeness (QED) is 0.572. The number of carbonyl (C=O) groups is 1. The van der Waals surface area contributed by atoms with Gasteiger partial charge in [0.1, 0.15) is 11.6 Å². The van der Waals surface area contributed by atoms with E-state index in [-0.39, 0.29) is 23.8 Å². The normalized spacial score (nSPS) is 18.8. The van der Waals surface area contributed by atoms with Gasteiger partial charge in [0.2, 0.25) is 0 Å². The lowest BCUT2D eigenvalue weighted by Crippen LogP contribution is -2.35. The van der Waals surface area contributed by atoms with Crippen molar-refractivity contribution >= 4 is 33.5 Å². The van der Waals surface area contributed by atoms with E-state index in [0.29, 0.717) is 11.3 Å². The van der Waals surface area contributed by atoms with Gasteiger partial charge in [-0.1, -0.05) is 33.2 Å². The van der Waals surface area contributed by atoms with E-state index < -0.39 is 24.2 Å². The number of amides is 1. The Balaban J connectivity index is 1.64. The maximum Gasteiger partial charge on any atom is 0.410 e. The second-order valence-electron chi connectivity index (χ2n) is 6.68. The van der Waals surface area contributed by atoms with Gasteiger partial charge >= 0.3 is 6.18 Å². The highest BCUT2D eigenvalue weighted by Gasteiger charge is 2.46. The molecule has 2 N–H and O–H groups in total. The molecule has 3 heterocycles. The van der Waals surface area contributed by atoms with E-state index in [1.54, 1.807) is 31.2 Å². The van der Waals surface area contributed by atoms with Gasteiger partial charge < -0.3 is 15.2 Å². The molecule has 2 atom stereocenters. The molecule has 2 aromatic heterocycles. The maximum atomic E-state index is 13.7. The molecule has 3 aromatic rings. The highest BCUT2D eigenvalue weighted by atomic mass is 79.9. The molecule has 29 heavy (non-hydrogen) atoms. The van der Waals surface area contributed by atoms with Crippen LogP contribution in [0.1, 0.15) is 40.3 Å². The molecule has 0 radical (unpaired) electrons. The predicted molar refractivity (Wildman–Crippen MR) is 102 cm³/mol. The van der Waals surface area contributed by atoms with E-state index in [9.17, 15) is 18.0 Å². The Hall–Kier alpha value is -2.82. The number of hydrogen-bond acceptors (Lipinski definition) is 5. The zero-order valence-electron chi connectivity index (χ0n) is 15.0. The van der Waals surface area contributed by atoms with Gasteiger partial charge in [-0.05, 0) is 24.6 Å². The summed E-state index contributed by atoms with van der Waals surface area (Å²) in [6, 6.07) is 7.40. The average molecular weight is 470 g/mol. The Labute approximate surface area is 171 Å². The van der Waals surface area contributed by atoms with Crippen molar-refractivity contribution in [1.82, 2.24) is 14.9 Å². The molecule has 11 heteroatoms. The van der Waals surface area contributed by atoms with Crippen LogP contribution in [-0.2, 0) is 0 Å². The molecule has 7 nitrogen and oxygen atoms in total. The van der Waals surface area contributed by atoms with Gasteiger partial charge in [0.25, 0.3) is 5.91 Å². The van der Waals surface area contributed by atoms with Crippen molar-refractivity contribution in [1.29, 1.82) is 0 Å². The number of hydrogen-bond donors (Lipinski definition) is 2. The smallest absolute Gasteiger partial charge is 0.363 e. The monoisotopic (exact) mass is 469 g/mol. The average Bonchev–Trinajstić information content (AvgIpc) is 3.26. The van der Waals surface area contributed by atoms with Gasteiger partial charge in [0.15, 0.2) is 17.6 Å². The number of alkyl halides is 3. The Bertz CT molecular complexity index is 1040. The van der Waals surface area contributed by atoms with E-state index in [4.69, 9.17) is 4.52 Å². The topological polar surface area (TPSA) is 85.0 Å². The first-order chi connectivity index (χ1) is 13.7. The Morgan fingerprint density at radius 2 is 2.03 bits per heavy atom. The summed E-state index contributed by atoms with van der Waals surface area (Å²) in [7, 11) is 0. The number of halogens is 4. The number of aryl methyl sites for hydroxylation is 1. The van der Waals surface area contributed by atoms with E-state index in [0.717, 1.165) is 9.15 Å². The number of nitrogens with one attached hydrogen (secondary N) is 2. The van der Waals surface area contributed by atoms with Crippen LogP contribution in [0.3, 0.4) is 0 Å². The minimum Gasteiger partial charge on any atom is -0.363 e. The van der Waals surface area contributed by atoms with Crippen LogP contribution in [-0.4, -0.2) is 27.0 Å². The van der Waals surface area contributed by atoms with Gasteiger partial charge in [-0.25, -0.2) is 4.68 Å². The molecule has 0 fully saturated rings. The van der Waals surface area contributed by atoms with Crippen molar-refractivity contribution in [3.63, 3.8) is 0 Å². The maximum absolute atomic E-state index is 13.7. The fourth-order valence-corrected chi connectivity index (χ4v) is 3.47. The van der Waals surface area contributed by atoms with E-state index >= 15 is 0 Å². The molecule has 0 spiro atoms. The van der Waals surface area contributed by atoms with E-state index in [1.165, 1.54) is 12.1 Å². The Morgan fingerprint density at radius 1 is 1.31 bits per heavy atom. The number of anilines is 2. The Morgan fingerprint density at radius 3 is 2.66 bits per heavy atom. The number of fused-ring (bicyclic) bond motifs is 1. The summed E-state index contributed by atoms with van der Waals surface area (Å²) in [6.45, 7) is 1.65. The molecular formula is C18H15BrF3N5O2. The first-order valence-electron chi connectivity index (χ1n) is 8.63. The second-order valence-corrected chi connectivity index (χ2v) is 7.59.